The number of hydrogen-bond donors (Lipinski definition) is 2. The van der Waals surface area contributed by atoms with Crippen LogP contribution in [0.25, 0.3) is 21.8 Å². The fourth-order valence-electron chi connectivity index (χ4n) is 4.29. The fraction of sp³-hybridized carbons (Fsp3) is 0.261. The largest absolute Gasteiger partial charge is 0.361 e. The molecule has 0 saturated heterocycles. The first-order valence-corrected chi connectivity index (χ1v) is 11.4. The fourth-order valence-corrected chi connectivity index (χ4v) is 4.76. The van der Waals surface area contributed by atoms with Crippen LogP contribution in [0.3, 0.4) is 0 Å². The molecule has 7 heteroatoms. The average Bonchev–Trinajstić information content (AvgIpc) is 3.17. The molecule has 30 heavy (non-hydrogen) atoms. The van der Waals surface area contributed by atoms with Crippen molar-refractivity contribution in [2.75, 3.05) is 12.0 Å². The number of hydrogen-bond acceptors (Lipinski definition) is 4. The van der Waals surface area contributed by atoms with Crippen LogP contribution >= 0.6 is 11.8 Å². The summed E-state index contributed by atoms with van der Waals surface area (Å²) in [7, 11) is 0. The number of nitrogens with zero attached hydrogens (tertiary/aromatic N) is 2. The monoisotopic (exact) mass is 418 g/mol. The van der Waals surface area contributed by atoms with Crippen LogP contribution in [0.5, 0.6) is 0 Å². The van der Waals surface area contributed by atoms with Gasteiger partial charge < -0.3 is 10.3 Å². The van der Waals surface area contributed by atoms with Crippen LogP contribution in [0.2, 0.25) is 0 Å². The molecule has 2 N–H and O–H groups in total. The summed E-state index contributed by atoms with van der Waals surface area (Å²) in [5, 5.41) is 4.74. The third kappa shape index (κ3) is 3.10. The topological polar surface area (TPSA) is 79.8 Å². The highest BCUT2D eigenvalue weighted by Gasteiger charge is 2.35. The van der Waals surface area contributed by atoms with Gasteiger partial charge in [0, 0.05) is 23.5 Å². The first-order chi connectivity index (χ1) is 14.7. The third-order valence-electron chi connectivity index (χ3n) is 5.78. The van der Waals surface area contributed by atoms with Gasteiger partial charge in [-0.25, -0.2) is 4.98 Å². The van der Waals surface area contributed by atoms with Crippen molar-refractivity contribution in [3.63, 3.8) is 0 Å². The maximum Gasteiger partial charge on any atom is 0.262 e. The Labute approximate surface area is 177 Å². The molecular weight excluding hydrogens is 396 g/mol. The minimum absolute atomic E-state index is 0.127. The number of fused-ring (bicyclic) bond motifs is 3. The predicted molar refractivity (Wildman–Crippen MR) is 121 cm³/mol. The van der Waals surface area contributed by atoms with Crippen molar-refractivity contribution in [1.29, 1.82) is 0 Å². The van der Waals surface area contributed by atoms with Crippen molar-refractivity contribution in [3.05, 3.63) is 76.5 Å². The lowest BCUT2D eigenvalue weighted by Gasteiger charge is -2.32. The van der Waals surface area contributed by atoms with E-state index in [1.165, 1.54) is 0 Å². The minimum atomic E-state index is -0.630. The maximum absolute atomic E-state index is 13.5. The summed E-state index contributed by atoms with van der Waals surface area (Å²) >= 11 is 1.71. The molecule has 0 unspecified atom stereocenters. The molecule has 2 atom stereocenters. The quantitative estimate of drug-likeness (QED) is 0.519. The van der Waals surface area contributed by atoms with Gasteiger partial charge in [-0.15, -0.1) is 0 Å². The molecule has 0 aliphatic carbocycles. The van der Waals surface area contributed by atoms with Crippen LogP contribution in [-0.4, -0.2) is 32.5 Å². The third-order valence-corrected chi connectivity index (χ3v) is 6.42. The minimum Gasteiger partial charge on any atom is -0.361 e. The van der Waals surface area contributed by atoms with Gasteiger partial charge in [-0.3, -0.25) is 14.2 Å². The highest BCUT2D eigenvalue weighted by molar-refractivity contribution is 7.98. The molecule has 0 bridgehead atoms. The van der Waals surface area contributed by atoms with Gasteiger partial charge in [-0.2, -0.15) is 11.8 Å². The van der Waals surface area contributed by atoms with E-state index in [0.717, 1.165) is 28.6 Å². The molecule has 1 amide bonds. The SMILES string of the molecule is CSCC[C@@H]1NC(=O)[C@@H](Cc2c[nH]c3ccccc23)n2c1nc1ccccc1c2=O. The van der Waals surface area contributed by atoms with Gasteiger partial charge in [0.25, 0.3) is 5.56 Å². The maximum atomic E-state index is 13.5. The first kappa shape index (κ1) is 18.9. The molecule has 2 aromatic heterocycles. The molecule has 0 spiro atoms. The van der Waals surface area contributed by atoms with E-state index in [2.05, 4.69) is 10.3 Å². The Bertz CT molecular complexity index is 1310. The molecule has 152 valence electrons. The Morgan fingerprint density at radius 1 is 1.07 bits per heavy atom. The summed E-state index contributed by atoms with van der Waals surface area (Å²) in [6.07, 6.45) is 5.12. The Morgan fingerprint density at radius 2 is 1.83 bits per heavy atom. The highest BCUT2D eigenvalue weighted by atomic mass is 32.2. The Morgan fingerprint density at radius 3 is 2.67 bits per heavy atom. The van der Waals surface area contributed by atoms with Gasteiger partial charge in [-0.1, -0.05) is 30.3 Å². The number of rotatable bonds is 5. The van der Waals surface area contributed by atoms with Gasteiger partial charge in [0.1, 0.15) is 11.9 Å². The van der Waals surface area contributed by atoms with Crippen molar-refractivity contribution in [1.82, 2.24) is 19.9 Å². The van der Waals surface area contributed by atoms with E-state index >= 15 is 0 Å². The Kier molecular flexibility index (Phi) is 4.83. The zero-order chi connectivity index (χ0) is 20.7. The van der Waals surface area contributed by atoms with Crippen LogP contribution in [0, 0.1) is 0 Å². The molecule has 5 rings (SSSR count). The summed E-state index contributed by atoms with van der Waals surface area (Å²) in [4.78, 5) is 34.7. The smallest absolute Gasteiger partial charge is 0.262 e. The second-order valence-electron chi connectivity index (χ2n) is 7.58. The zero-order valence-corrected chi connectivity index (χ0v) is 17.4. The van der Waals surface area contributed by atoms with Gasteiger partial charge in [0.15, 0.2) is 0 Å². The molecule has 1 aliphatic heterocycles. The summed E-state index contributed by atoms with van der Waals surface area (Å²) < 4.78 is 1.63. The standard InChI is InChI=1S/C23H22N4O2S/c1-30-11-10-19-21-25-18-9-5-3-7-16(18)23(29)27(21)20(22(28)26-19)12-14-13-24-17-8-4-2-6-15(14)17/h2-9,13,19-20,24H,10-12H2,1H3,(H,26,28)/t19-,20+/m0/s1. The highest BCUT2D eigenvalue weighted by Crippen LogP contribution is 2.30. The number of benzene rings is 2. The van der Waals surface area contributed by atoms with E-state index < -0.39 is 6.04 Å². The lowest BCUT2D eigenvalue weighted by Crippen LogP contribution is -2.48. The molecule has 0 saturated carbocycles. The summed E-state index contributed by atoms with van der Waals surface area (Å²) in [5.74, 6) is 1.40. The van der Waals surface area contributed by atoms with Gasteiger partial charge in [0.2, 0.25) is 5.91 Å². The molecule has 0 fully saturated rings. The zero-order valence-electron chi connectivity index (χ0n) is 16.6. The van der Waals surface area contributed by atoms with Crippen LogP contribution in [0.1, 0.15) is 29.9 Å². The second-order valence-corrected chi connectivity index (χ2v) is 8.57. The number of amides is 1. The molecule has 4 aromatic rings. The number of para-hydroxylation sites is 2. The van der Waals surface area contributed by atoms with Crippen LogP contribution in [0.15, 0.2) is 59.5 Å². The molecule has 1 aliphatic rings. The lowest BCUT2D eigenvalue weighted by atomic mass is 9.99. The van der Waals surface area contributed by atoms with Crippen LogP contribution in [0.4, 0.5) is 0 Å². The van der Waals surface area contributed by atoms with Crippen molar-refractivity contribution >= 4 is 39.5 Å². The van der Waals surface area contributed by atoms with Crippen LogP contribution in [-0.2, 0) is 11.2 Å². The number of carbonyl (C=O) groups excluding carboxylic acids is 1. The Balaban J connectivity index is 1.66. The number of carbonyl (C=O) groups is 1. The first-order valence-electron chi connectivity index (χ1n) is 10.0. The van der Waals surface area contributed by atoms with Crippen molar-refractivity contribution in [3.8, 4) is 0 Å². The molecule has 3 heterocycles. The predicted octanol–water partition coefficient (Wildman–Crippen LogP) is 3.59. The normalized spacial score (nSPS) is 18.5. The molecule has 6 nitrogen and oxygen atoms in total. The van der Waals surface area contributed by atoms with Gasteiger partial charge in [0.05, 0.1) is 16.9 Å². The van der Waals surface area contributed by atoms with Crippen molar-refractivity contribution in [2.45, 2.75) is 24.9 Å². The number of thioether (sulfide) groups is 1. The van der Waals surface area contributed by atoms with Gasteiger partial charge >= 0.3 is 0 Å². The summed E-state index contributed by atoms with van der Waals surface area (Å²) in [6.45, 7) is 0. The Hall–Kier alpha value is -3.06. The second kappa shape index (κ2) is 7.65. The number of aromatic nitrogens is 3. The van der Waals surface area contributed by atoms with Gasteiger partial charge in [-0.05, 0) is 42.2 Å². The number of H-pyrrole nitrogens is 1. The van der Waals surface area contributed by atoms with E-state index in [4.69, 9.17) is 4.98 Å². The molecular formula is C23H22N4O2S. The molecule has 2 aromatic carbocycles. The van der Waals surface area contributed by atoms with E-state index in [1.807, 2.05) is 54.9 Å². The number of nitrogens with one attached hydrogen (secondary N) is 2. The lowest BCUT2D eigenvalue weighted by molar-refractivity contribution is -0.126. The summed E-state index contributed by atoms with van der Waals surface area (Å²) in [5.41, 5.74) is 2.56. The van der Waals surface area contributed by atoms with E-state index in [0.29, 0.717) is 23.1 Å². The summed E-state index contributed by atoms with van der Waals surface area (Å²) in [6, 6.07) is 14.5. The van der Waals surface area contributed by atoms with E-state index in [9.17, 15) is 9.59 Å². The van der Waals surface area contributed by atoms with E-state index in [-0.39, 0.29) is 17.5 Å². The molecule has 0 radical (unpaired) electrons. The van der Waals surface area contributed by atoms with Crippen molar-refractivity contribution in [2.24, 2.45) is 0 Å². The number of aromatic amines is 1. The van der Waals surface area contributed by atoms with E-state index in [1.54, 1.807) is 22.4 Å². The average molecular weight is 419 g/mol. The van der Waals surface area contributed by atoms with Crippen LogP contribution < -0.4 is 10.9 Å². The van der Waals surface area contributed by atoms with Crippen molar-refractivity contribution < 1.29 is 4.79 Å².